The number of nitrogens with zero attached hydrogens (tertiary/aromatic N) is 2. The van der Waals surface area contributed by atoms with Crippen LogP contribution in [0.3, 0.4) is 0 Å². The van der Waals surface area contributed by atoms with Crippen molar-refractivity contribution in [1.82, 2.24) is 9.78 Å². The minimum absolute atomic E-state index is 0.0169. The second kappa shape index (κ2) is 9.98. The van der Waals surface area contributed by atoms with Gasteiger partial charge in [0, 0.05) is 11.8 Å². The molecule has 0 radical (unpaired) electrons. The first-order chi connectivity index (χ1) is 15.6. The van der Waals surface area contributed by atoms with E-state index in [1.807, 2.05) is 37.3 Å². The average Bonchev–Trinajstić information content (AvgIpc) is 3.32. The van der Waals surface area contributed by atoms with E-state index in [4.69, 9.17) is 9.47 Å². The van der Waals surface area contributed by atoms with Crippen LogP contribution < -0.4 is 4.74 Å². The van der Waals surface area contributed by atoms with Gasteiger partial charge in [-0.3, -0.25) is 0 Å². The zero-order valence-corrected chi connectivity index (χ0v) is 18.6. The van der Waals surface area contributed by atoms with Crippen molar-refractivity contribution < 1.29 is 18.7 Å². The Hall–Kier alpha value is -3.15. The van der Waals surface area contributed by atoms with Crippen LogP contribution in [0.25, 0.3) is 16.8 Å². The second-order valence-electron chi connectivity index (χ2n) is 8.28. The molecule has 32 heavy (non-hydrogen) atoms. The van der Waals surface area contributed by atoms with Crippen LogP contribution in [0.2, 0.25) is 0 Å². The molecule has 0 spiro atoms. The Labute approximate surface area is 188 Å². The predicted molar refractivity (Wildman–Crippen MR) is 122 cm³/mol. The summed E-state index contributed by atoms with van der Waals surface area (Å²) in [4.78, 5) is 11.9. The van der Waals surface area contributed by atoms with Gasteiger partial charge in [-0.1, -0.05) is 43.5 Å². The van der Waals surface area contributed by atoms with Crippen molar-refractivity contribution in [2.75, 3.05) is 6.61 Å². The van der Waals surface area contributed by atoms with Crippen LogP contribution in [0.1, 0.15) is 56.3 Å². The van der Waals surface area contributed by atoms with Crippen LogP contribution in [0.15, 0.2) is 54.9 Å². The molecule has 0 bridgehead atoms. The first kappa shape index (κ1) is 22.1. The highest BCUT2D eigenvalue weighted by molar-refractivity contribution is 5.88. The van der Waals surface area contributed by atoms with Gasteiger partial charge in [-0.2, -0.15) is 5.10 Å². The molecule has 1 aliphatic rings. The lowest BCUT2D eigenvalue weighted by Crippen LogP contribution is -2.26. The van der Waals surface area contributed by atoms with E-state index in [0.717, 1.165) is 18.5 Å². The number of esters is 1. The number of ether oxygens (including phenoxy) is 2. The summed E-state index contributed by atoms with van der Waals surface area (Å²) < 4.78 is 28.1. The minimum Gasteiger partial charge on any atom is -0.487 e. The second-order valence-corrected chi connectivity index (χ2v) is 8.28. The lowest BCUT2D eigenvalue weighted by atomic mass is 9.86. The molecular formula is C26H29FN2O3. The van der Waals surface area contributed by atoms with Crippen LogP contribution in [-0.2, 0) is 4.74 Å². The summed E-state index contributed by atoms with van der Waals surface area (Å²) in [6, 6.07) is 12.7. The molecule has 1 unspecified atom stereocenters. The Bertz CT molecular complexity index is 1070. The summed E-state index contributed by atoms with van der Waals surface area (Å²) in [6.07, 6.45) is 9.06. The molecule has 0 amide bonds. The summed E-state index contributed by atoms with van der Waals surface area (Å²) >= 11 is 0. The molecule has 4 rings (SSSR count). The molecule has 1 fully saturated rings. The summed E-state index contributed by atoms with van der Waals surface area (Å²) in [5, 5.41) is 4.25. The molecule has 2 aromatic carbocycles. The predicted octanol–water partition coefficient (Wildman–Crippen LogP) is 6.20. The van der Waals surface area contributed by atoms with Gasteiger partial charge >= 0.3 is 5.97 Å². The number of hydrogen-bond donors (Lipinski definition) is 0. The van der Waals surface area contributed by atoms with E-state index >= 15 is 4.39 Å². The highest BCUT2D eigenvalue weighted by atomic mass is 19.1. The van der Waals surface area contributed by atoms with Crippen molar-refractivity contribution in [1.29, 1.82) is 0 Å². The van der Waals surface area contributed by atoms with E-state index in [9.17, 15) is 4.79 Å². The third-order valence-electron chi connectivity index (χ3n) is 6.11. The number of halogens is 1. The van der Waals surface area contributed by atoms with Gasteiger partial charge in [-0.25, -0.2) is 13.9 Å². The van der Waals surface area contributed by atoms with Gasteiger partial charge in [0.2, 0.25) is 0 Å². The molecule has 0 aliphatic heterocycles. The molecule has 168 valence electrons. The maximum atomic E-state index is 15.4. The Morgan fingerprint density at radius 2 is 1.97 bits per heavy atom. The number of rotatable bonds is 7. The zero-order valence-electron chi connectivity index (χ0n) is 18.6. The van der Waals surface area contributed by atoms with Crippen molar-refractivity contribution in [3.8, 4) is 22.6 Å². The molecule has 1 saturated carbocycles. The lowest BCUT2D eigenvalue weighted by Gasteiger charge is -2.28. The summed E-state index contributed by atoms with van der Waals surface area (Å²) in [7, 11) is 0. The third kappa shape index (κ3) is 4.85. The van der Waals surface area contributed by atoms with Gasteiger partial charge in [0.1, 0.15) is 0 Å². The fourth-order valence-electron chi connectivity index (χ4n) is 4.32. The van der Waals surface area contributed by atoms with Crippen LogP contribution in [0.5, 0.6) is 5.75 Å². The Kier molecular flexibility index (Phi) is 6.88. The van der Waals surface area contributed by atoms with Crippen molar-refractivity contribution in [2.45, 2.75) is 52.1 Å². The van der Waals surface area contributed by atoms with Crippen LogP contribution in [0, 0.1) is 11.7 Å². The van der Waals surface area contributed by atoms with E-state index < -0.39 is 5.97 Å². The highest BCUT2D eigenvalue weighted by Gasteiger charge is 2.23. The summed E-state index contributed by atoms with van der Waals surface area (Å²) in [5.74, 6) is -0.0175. The normalized spacial score (nSPS) is 15.3. The number of benzene rings is 2. The van der Waals surface area contributed by atoms with Crippen molar-refractivity contribution in [2.24, 2.45) is 5.92 Å². The lowest BCUT2D eigenvalue weighted by molar-refractivity contribution is 0.0526. The third-order valence-corrected chi connectivity index (χ3v) is 6.11. The fraction of sp³-hybridized carbons (Fsp3) is 0.385. The first-order valence-electron chi connectivity index (χ1n) is 11.3. The molecule has 1 aromatic heterocycles. The van der Waals surface area contributed by atoms with Gasteiger partial charge < -0.3 is 9.47 Å². The molecule has 1 aliphatic carbocycles. The van der Waals surface area contributed by atoms with Gasteiger partial charge in [0.05, 0.1) is 30.2 Å². The van der Waals surface area contributed by atoms with Gasteiger partial charge in [0.15, 0.2) is 11.6 Å². The standard InChI is InChI=1S/C26H29FN2O3/c1-3-31-26(30)21-16-28-29(17-21)22-12-7-11-20(15-22)23-13-8-14-24(25(23)27)32-18(2)19-9-5-4-6-10-19/h7-8,11-19H,3-6,9-10H2,1-2H3. The molecule has 1 atom stereocenters. The van der Waals surface area contributed by atoms with E-state index in [0.29, 0.717) is 29.2 Å². The van der Waals surface area contributed by atoms with Gasteiger partial charge in [0.25, 0.3) is 0 Å². The smallest absolute Gasteiger partial charge is 0.341 e. The molecular weight excluding hydrogens is 407 g/mol. The van der Waals surface area contributed by atoms with E-state index in [2.05, 4.69) is 5.10 Å². The maximum Gasteiger partial charge on any atom is 0.341 e. The SMILES string of the molecule is CCOC(=O)c1cnn(-c2cccc(-c3cccc(OC(C)C4CCCCC4)c3F)c2)c1. The quantitative estimate of drug-likeness (QED) is 0.414. The van der Waals surface area contributed by atoms with E-state index in [1.54, 1.807) is 29.9 Å². The molecule has 1 heterocycles. The monoisotopic (exact) mass is 436 g/mol. The average molecular weight is 437 g/mol. The van der Waals surface area contributed by atoms with Crippen LogP contribution in [-0.4, -0.2) is 28.5 Å². The van der Waals surface area contributed by atoms with E-state index in [1.165, 1.54) is 25.5 Å². The number of carbonyl (C=O) groups excluding carboxylic acids is 1. The summed E-state index contributed by atoms with van der Waals surface area (Å²) in [5.41, 5.74) is 2.27. The van der Waals surface area contributed by atoms with Gasteiger partial charge in [-0.05, 0) is 56.4 Å². The van der Waals surface area contributed by atoms with Crippen molar-refractivity contribution in [3.63, 3.8) is 0 Å². The number of hydrogen-bond acceptors (Lipinski definition) is 4. The maximum absolute atomic E-state index is 15.4. The Morgan fingerprint density at radius 1 is 1.19 bits per heavy atom. The minimum atomic E-state index is -0.419. The zero-order chi connectivity index (χ0) is 22.5. The Balaban J connectivity index is 1.57. The fourth-order valence-corrected chi connectivity index (χ4v) is 4.32. The van der Waals surface area contributed by atoms with Gasteiger partial charge in [-0.15, -0.1) is 0 Å². The van der Waals surface area contributed by atoms with Crippen molar-refractivity contribution >= 4 is 5.97 Å². The molecule has 0 saturated heterocycles. The Morgan fingerprint density at radius 3 is 2.75 bits per heavy atom. The number of aromatic nitrogens is 2. The van der Waals surface area contributed by atoms with Crippen molar-refractivity contribution in [3.05, 3.63) is 66.2 Å². The van der Waals surface area contributed by atoms with E-state index in [-0.39, 0.29) is 17.7 Å². The molecule has 5 nitrogen and oxygen atoms in total. The largest absolute Gasteiger partial charge is 0.487 e. The molecule has 6 heteroatoms. The summed E-state index contributed by atoms with van der Waals surface area (Å²) in [6.45, 7) is 4.10. The molecule has 0 N–H and O–H groups in total. The molecule has 3 aromatic rings. The van der Waals surface area contributed by atoms with Crippen LogP contribution >= 0.6 is 0 Å². The topological polar surface area (TPSA) is 53.3 Å². The highest BCUT2D eigenvalue weighted by Crippen LogP contribution is 2.33. The number of carbonyl (C=O) groups is 1. The van der Waals surface area contributed by atoms with Crippen LogP contribution in [0.4, 0.5) is 4.39 Å². The first-order valence-corrected chi connectivity index (χ1v) is 11.3.